The molecule has 0 aromatic heterocycles. The SMILES string of the molecule is CC(COc1ccccc1)C[C@@H](C)CC(C)(NC(=O)OC(C)(C)C)C(=O)O. The molecule has 1 aromatic carbocycles. The lowest BCUT2D eigenvalue weighted by atomic mass is 9.85. The van der Waals surface area contributed by atoms with Crippen molar-refractivity contribution in [3.05, 3.63) is 30.3 Å². The zero-order valence-corrected chi connectivity index (χ0v) is 17.2. The largest absolute Gasteiger partial charge is 0.493 e. The normalized spacial score (nSPS) is 15.9. The van der Waals surface area contributed by atoms with E-state index >= 15 is 0 Å². The Balaban J connectivity index is 2.57. The fourth-order valence-corrected chi connectivity index (χ4v) is 3.01. The summed E-state index contributed by atoms with van der Waals surface area (Å²) < 4.78 is 11.0. The number of nitrogens with one attached hydrogen (secondary N) is 1. The first-order valence-electron chi connectivity index (χ1n) is 9.33. The summed E-state index contributed by atoms with van der Waals surface area (Å²) in [6.07, 6.45) is 0.364. The Morgan fingerprint density at radius 2 is 1.67 bits per heavy atom. The lowest BCUT2D eigenvalue weighted by Gasteiger charge is -2.31. The molecule has 1 amide bonds. The third-order valence-electron chi connectivity index (χ3n) is 4.09. The Morgan fingerprint density at radius 1 is 1.07 bits per heavy atom. The smallest absolute Gasteiger partial charge is 0.408 e. The van der Waals surface area contributed by atoms with Crippen LogP contribution in [0.25, 0.3) is 0 Å². The van der Waals surface area contributed by atoms with Gasteiger partial charge in [0.05, 0.1) is 6.61 Å². The van der Waals surface area contributed by atoms with Gasteiger partial charge in [-0.05, 0) is 64.5 Å². The van der Waals surface area contributed by atoms with E-state index in [1.54, 1.807) is 20.8 Å². The molecule has 2 N–H and O–H groups in total. The highest BCUT2D eigenvalue weighted by Gasteiger charge is 2.38. The number of para-hydroxylation sites is 1. The molecule has 0 bridgehead atoms. The minimum Gasteiger partial charge on any atom is -0.493 e. The summed E-state index contributed by atoms with van der Waals surface area (Å²) in [4.78, 5) is 23.8. The molecular formula is C21H33NO5. The van der Waals surface area contributed by atoms with Crippen molar-refractivity contribution >= 4 is 12.1 Å². The number of ether oxygens (including phenoxy) is 2. The molecule has 0 heterocycles. The van der Waals surface area contributed by atoms with E-state index in [0.717, 1.165) is 12.2 Å². The van der Waals surface area contributed by atoms with Crippen molar-refractivity contribution in [2.24, 2.45) is 11.8 Å². The average molecular weight is 379 g/mol. The van der Waals surface area contributed by atoms with Gasteiger partial charge in [-0.3, -0.25) is 0 Å². The highest BCUT2D eigenvalue weighted by molar-refractivity contribution is 5.84. The highest BCUT2D eigenvalue weighted by atomic mass is 16.6. The van der Waals surface area contributed by atoms with E-state index in [-0.39, 0.29) is 11.8 Å². The fourth-order valence-electron chi connectivity index (χ4n) is 3.01. The predicted molar refractivity (Wildman–Crippen MR) is 105 cm³/mol. The molecule has 0 fully saturated rings. The lowest BCUT2D eigenvalue weighted by Crippen LogP contribution is -2.54. The van der Waals surface area contributed by atoms with Gasteiger partial charge in [0, 0.05) is 0 Å². The van der Waals surface area contributed by atoms with Crippen molar-refractivity contribution in [2.45, 2.75) is 65.5 Å². The Bertz CT molecular complexity index is 611. The molecule has 152 valence electrons. The summed E-state index contributed by atoms with van der Waals surface area (Å²) in [7, 11) is 0. The van der Waals surface area contributed by atoms with Crippen LogP contribution in [0.3, 0.4) is 0 Å². The molecule has 0 saturated heterocycles. The molecule has 0 aliphatic carbocycles. The molecule has 0 aliphatic rings. The van der Waals surface area contributed by atoms with Crippen molar-refractivity contribution in [1.82, 2.24) is 5.32 Å². The van der Waals surface area contributed by atoms with Gasteiger partial charge in [-0.25, -0.2) is 9.59 Å². The maximum absolute atomic E-state index is 12.0. The van der Waals surface area contributed by atoms with Crippen LogP contribution in [-0.2, 0) is 9.53 Å². The number of carboxylic acid groups (broad SMARTS) is 1. The van der Waals surface area contributed by atoms with Crippen LogP contribution >= 0.6 is 0 Å². The average Bonchev–Trinajstić information content (AvgIpc) is 2.51. The van der Waals surface area contributed by atoms with Gasteiger partial charge in [-0.15, -0.1) is 0 Å². The van der Waals surface area contributed by atoms with E-state index in [0.29, 0.717) is 13.0 Å². The second kappa shape index (κ2) is 9.62. The lowest BCUT2D eigenvalue weighted by molar-refractivity contribution is -0.145. The molecular weight excluding hydrogens is 346 g/mol. The van der Waals surface area contributed by atoms with Gasteiger partial charge in [0.2, 0.25) is 0 Å². The second-order valence-corrected chi connectivity index (χ2v) is 8.54. The maximum Gasteiger partial charge on any atom is 0.408 e. The van der Waals surface area contributed by atoms with Crippen molar-refractivity contribution in [3.8, 4) is 5.75 Å². The third-order valence-corrected chi connectivity index (χ3v) is 4.09. The summed E-state index contributed by atoms with van der Waals surface area (Å²) in [5, 5.41) is 12.1. The Hall–Kier alpha value is -2.24. The van der Waals surface area contributed by atoms with Gasteiger partial charge in [-0.2, -0.15) is 0 Å². The standard InChI is InChI=1S/C21H33NO5/c1-15(12-16(2)14-26-17-10-8-7-9-11-17)13-21(6,18(23)24)22-19(25)27-20(3,4)5/h7-11,15-16H,12-14H2,1-6H3,(H,22,25)(H,23,24)/t15-,16?,21?/m1/s1. The van der Waals surface area contributed by atoms with Gasteiger partial charge in [0.1, 0.15) is 16.9 Å². The number of hydrogen-bond donors (Lipinski definition) is 2. The van der Waals surface area contributed by atoms with Gasteiger partial charge in [-0.1, -0.05) is 32.0 Å². The summed E-state index contributed by atoms with van der Waals surface area (Å²) in [5.41, 5.74) is -2.07. The first kappa shape index (κ1) is 22.8. The first-order chi connectivity index (χ1) is 12.4. The zero-order chi connectivity index (χ0) is 20.7. The van der Waals surface area contributed by atoms with Gasteiger partial charge < -0.3 is 19.9 Å². The van der Waals surface area contributed by atoms with Crippen molar-refractivity contribution in [1.29, 1.82) is 0 Å². The number of aliphatic carboxylic acids is 1. The van der Waals surface area contributed by atoms with Crippen molar-refractivity contribution in [3.63, 3.8) is 0 Å². The van der Waals surface area contributed by atoms with Crippen LogP contribution in [0.4, 0.5) is 4.79 Å². The van der Waals surface area contributed by atoms with Crippen LogP contribution in [0, 0.1) is 11.8 Å². The van der Waals surface area contributed by atoms with Crippen LogP contribution < -0.4 is 10.1 Å². The Labute approximate surface area is 162 Å². The number of carboxylic acids is 1. The summed E-state index contributed by atoms with van der Waals surface area (Å²) in [6.45, 7) is 11.3. The van der Waals surface area contributed by atoms with Gasteiger partial charge in [0.25, 0.3) is 0 Å². The molecule has 3 atom stereocenters. The van der Waals surface area contributed by atoms with Gasteiger partial charge >= 0.3 is 12.1 Å². The number of carbonyl (C=O) groups excluding carboxylic acids is 1. The van der Waals surface area contributed by atoms with E-state index in [4.69, 9.17) is 9.47 Å². The Kier molecular flexibility index (Phi) is 8.13. The maximum atomic E-state index is 12.0. The molecule has 2 unspecified atom stereocenters. The molecule has 6 nitrogen and oxygen atoms in total. The molecule has 6 heteroatoms. The van der Waals surface area contributed by atoms with Crippen molar-refractivity contribution < 1.29 is 24.2 Å². The molecule has 27 heavy (non-hydrogen) atoms. The number of rotatable bonds is 9. The van der Waals surface area contributed by atoms with E-state index < -0.39 is 23.2 Å². The van der Waals surface area contributed by atoms with Crippen molar-refractivity contribution in [2.75, 3.05) is 6.61 Å². The number of amides is 1. The van der Waals surface area contributed by atoms with Crippen LogP contribution in [0.2, 0.25) is 0 Å². The van der Waals surface area contributed by atoms with E-state index in [1.165, 1.54) is 6.92 Å². The molecule has 1 rings (SSSR count). The highest BCUT2D eigenvalue weighted by Crippen LogP contribution is 2.24. The quantitative estimate of drug-likeness (QED) is 0.660. The van der Waals surface area contributed by atoms with E-state index in [9.17, 15) is 14.7 Å². The van der Waals surface area contributed by atoms with Crippen LogP contribution in [0.1, 0.15) is 54.4 Å². The Morgan fingerprint density at radius 3 is 2.19 bits per heavy atom. The van der Waals surface area contributed by atoms with Crippen LogP contribution in [0.15, 0.2) is 30.3 Å². The molecule has 0 aliphatic heterocycles. The fraction of sp³-hybridized carbons (Fsp3) is 0.619. The third kappa shape index (κ3) is 8.80. The minimum absolute atomic E-state index is 0.0791. The summed E-state index contributed by atoms with van der Waals surface area (Å²) >= 11 is 0. The number of benzene rings is 1. The molecule has 0 saturated carbocycles. The van der Waals surface area contributed by atoms with E-state index in [1.807, 2.05) is 37.3 Å². The molecule has 1 aromatic rings. The molecule has 0 radical (unpaired) electrons. The monoisotopic (exact) mass is 379 g/mol. The minimum atomic E-state index is -1.39. The summed E-state index contributed by atoms with van der Waals surface area (Å²) in [6, 6.07) is 9.58. The number of alkyl carbamates (subject to hydrolysis) is 1. The van der Waals surface area contributed by atoms with Crippen LogP contribution in [-0.4, -0.2) is 34.9 Å². The van der Waals surface area contributed by atoms with Crippen LogP contribution in [0.5, 0.6) is 5.75 Å². The summed E-state index contributed by atoms with van der Waals surface area (Å²) in [5.74, 6) is 0.0718. The second-order valence-electron chi connectivity index (χ2n) is 8.54. The first-order valence-corrected chi connectivity index (χ1v) is 9.33. The van der Waals surface area contributed by atoms with Gasteiger partial charge in [0.15, 0.2) is 0 Å². The predicted octanol–water partition coefficient (Wildman–Crippen LogP) is 4.49. The number of carbonyl (C=O) groups is 2. The zero-order valence-electron chi connectivity index (χ0n) is 17.2. The molecule has 0 spiro atoms. The van der Waals surface area contributed by atoms with E-state index in [2.05, 4.69) is 12.2 Å². The number of hydrogen-bond acceptors (Lipinski definition) is 4. The topological polar surface area (TPSA) is 84.9 Å².